The Kier molecular flexibility index (Phi) is 6.48. The van der Waals surface area contributed by atoms with Crippen LogP contribution >= 0.6 is 0 Å². The molecule has 2 aromatic rings. The van der Waals surface area contributed by atoms with Crippen molar-refractivity contribution in [1.29, 1.82) is 0 Å². The monoisotopic (exact) mass is 313 g/mol. The SMILES string of the molecule is COc1ccc(C(CN)CCCOc2cc(C)cc(C)c2)cc1. The number of hydrogen-bond acceptors (Lipinski definition) is 3. The van der Waals surface area contributed by atoms with Gasteiger partial charge in [-0.05, 0) is 80.1 Å². The summed E-state index contributed by atoms with van der Waals surface area (Å²) in [7, 11) is 1.68. The van der Waals surface area contributed by atoms with Gasteiger partial charge in [0.05, 0.1) is 13.7 Å². The molecule has 3 heteroatoms. The molecule has 3 nitrogen and oxygen atoms in total. The second-order valence-electron chi connectivity index (χ2n) is 6.02. The fourth-order valence-electron chi connectivity index (χ4n) is 2.83. The molecule has 0 aliphatic rings. The lowest BCUT2D eigenvalue weighted by atomic mass is 9.94. The summed E-state index contributed by atoms with van der Waals surface area (Å²) < 4.78 is 11.1. The van der Waals surface area contributed by atoms with Gasteiger partial charge < -0.3 is 15.2 Å². The van der Waals surface area contributed by atoms with Crippen LogP contribution in [0.3, 0.4) is 0 Å². The summed E-state index contributed by atoms with van der Waals surface area (Å²) in [6, 6.07) is 14.5. The zero-order valence-electron chi connectivity index (χ0n) is 14.3. The molecule has 0 fully saturated rings. The molecule has 2 rings (SSSR count). The van der Waals surface area contributed by atoms with Crippen LogP contribution in [0.15, 0.2) is 42.5 Å². The van der Waals surface area contributed by atoms with Gasteiger partial charge in [-0.3, -0.25) is 0 Å². The van der Waals surface area contributed by atoms with Gasteiger partial charge in [-0.25, -0.2) is 0 Å². The number of rotatable bonds is 8. The highest BCUT2D eigenvalue weighted by molar-refractivity contribution is 5.33. The fraction of sp³-hybridized carbons (Fsp3) is 0.400. The second-order valence-corrected chi connectivity index (χ2v) is 6.02. The number of methoxy groups -OCH3 is 1. The van der Waals surface area contributed by atoms with Crippen molar-refractivity contribution >= 4 is 0 Å². The Labute approximate surface area is 139 Å². The minimum absolute atomic E-state index is 0.365. The highest BCUT2D eigenvalue weighted by atomic mass is 16.5. The van der Waals surface area contributed by atoms with Gasteiger partial charge in [0.2, 0.25) is 0 Å². The molecule has 2 aromatic carbocycles. The van der Waals surface area contributed by atoms with Gasteiger partial charge >= 0.3 is 0 Å². The summed E-state index contributed by atoms with van der Waals surface area (Å²) >= 11 is 0. The quantitative estimate of drug-likeness (QED) is 0.742. The largest absolute Gasteiger partial charge is 0.497 e. The maximum Gasteiger partial charge on any atom is 0.119 e. The molecule has 0 amide bonds. The van der Waals surface area contributed by atoms with Gasteiger partial charge in [-0.2, -0.15) is 0 Å². The lowest BCUT2D eigenvalue weighted by Crippen LogP contribution is -2.13. The number of hydrogen-bond donors (Lipinski definition) is 1. The van der Waals surface area contributed by atoms with Crippen molar-refractivity contribution in [2.45, 2.75) is 32.6 Å². The van der Waals surface area contributed by atoms with Crippen LogP contribution in [0.5, 0.6) is 11.5 Å². The van der Waals surface area contributed by atoms with E-state index >= 15 is 0 Å². The predicted octanol–water partition coefficient (Wildman–Crippen LogP) is 4.21. The lowest BCUT2D eigenvalue weighted by Gasteiger charge is -2.16. The smallest absolute Gasteiger partial charge is 0.119 e. The van der Waals surface area contributed by atoms with E-state index in [1.165, 1.54) is 16.7 Å². The van der Waals surface area contributed by atoms with E-state index in [2.05, 4.69) is 44.2 Å². The van der Waals surface area contributed by atoms with Crippen molar-refractivity contribution in [2.75, 3.05) is 20.3 Å². The van der Waals surface area contributed by atoms with Gasteiger partial charge in [-0.1, -0.05) is 18.2 Å². The van der Waals surface area contributed by atoms with E-state index in [0.29, 0.717) is 12.5 Å². The molecule has 0 aromatic heterocycles. The van der Waals surface area contributed by atoms with Crippen molar-refractivity contribution in [2.24, 2.45) is 5.73 Å². The summed E-state index contributed by atoms with van der Waals surface area (Å²) in [6.07, 6.45) is 2.01. The van der Waals surface area contributed by atoms with Crippen molar-refractivity contribution in [3.63, 3.8) is 0 Å². The highest BCUT2D eigenvalue weighted by Crippen LogP contribution is 2.23. The molecule has 23 heavy (non-hydrogen) atoms. The first kappa shape index (κ1) is 17.4. The van der Waals surface area contributed by atoms with Crippen LogP contribution in [-0.2, 0) is 0 Å². The second kappa shape index (κ2) is 8.59. The molecule has 0 radical (unpaired) electrons. The number of ether oxygens (including phenoxy) is 2. The summed E-state index contributed by atoms with van der Waals surface area (Å²) in [5.41, 5.74) is 9.67. The highest BCUT2D eigenvalue weighted by Gasteiger charge is 2.10. The molecule has 0 saturated heterocycles. The maximum atomic E-state index is 5.94. The molecule has 124 valence electrons. The van der Waals surface area contributed by atoms with Crippen LogP contribution < -0.4 is 15.2 Å². The third-order valence-electron chi connectivity index (χ3n) is 4.03. The van der Waals surface area contributed by atoms with E-state index in [0.717, 1.165) is 30.9 Å². The zero-order valence-corrected chi connectivity index (χ0v) is 14.3. The van der Waals surface area contributed by atoms with E-state index in [9.17, 15) is 0 Å². The van der Waals surface area contributed by atoms with Gasteiger partial charge in [-0.15, -0.1) is 0 Å². The van der Waals surface area contributed by atoms with Crippen molar-refractivity contribution in [3.05, 3.63) is 59.2 Å². The number of nitrogens with two attached hydrogens (primary N) is 1. The molecular weight excluding hydrogens is 286 g/mol. The Morgan fingerprint density at radius 2 is 1.61 bits per heavy atom. The van der Waals surface area contributed by atoms with E-state index < -0.39 is 0 Å². The van der Waals surface area contributed by atoms with Crippen LogP contribution in [0.1, 0.15) is 35.4 Å². The Bertz CT molecular complexity index is 587. The van der Waals surface area contributed by atoms with Crippen LogP contribution in [-0.4, -0.2) is 20.3 Å². The molecule has 2 N–H and O–H groups in total. The Morgan fingerprint density at radius 1 is 0.957 bits per heavy atom. The lowest BCUT2D eigenvalue weighted by molar-refractivity contribution is 0.301. The van der Waals surface area contributed by atoms with E-state index in [1.807, 2.05) is 12.1 Å². The van der Waals surface area contributed by atoms with Crippen LogP contribution in [0.25, 0.3) is 0 Å². The number of benzene rings is 2. The Morgan fingerprint density at radius 3 is 2.17 bits per heavy atom. The minimum Gasteiger partial charge on any atom is -0.497 e. The van der Waals surface area contributed by atoms with Crippen LogP contribution in [0, 0.1) is 13.8 Å². The van der Waals surface area contributed by atoms with Crippen molar-refractivity contribution < 1.29 is 9.47 Å². The summed E-state index contributed by atoms with van der Waals surface area (Å²) in [5.74, 6) is 2.20. The van der Waals surface area contributed by atoms with E-state index in [4.69, 9.17) is 15.2 Å². The molecule has 0 aliphatic heterocycles. The molecule has 0 saturated carbocycles. The summed E-state index contributed by atoms with van der Waals surface area (Å²) in [4.78, 5) is 0. The third-order valence-corrected chi connectivity index (χ3v) is 4.03. The minimum atomic E-state index is 0.365. The van der Waals surface area contributed by atoms with Gasteiger partial charge in [0.1, 0.15) is 11.5 Å². The Balaban J connectivity index is 1.83. The fourth-order valence-corrected chi connectivity index (χ4v) is 2.83. The maximum absolute atomic E-state index is 5.94. The van der Waals surface area contributed by atoms with Crippen molar-refractivity contribution in [3.8, 4) is 11.5 Å². The first-order chi connectivity index (χ1) is 11.1. The first-order valence-corrected chi connectivity index (χ1v) is 8.17. The predicted molar refractivity (Wildman–Crippen MR) is 95.4 cm³/mol. The molecule has 0 heterocycles. The normalized spacial score (nSPS) is 12.0. The summed E-state index contributed by atoms with van der Waals surface area (Å²) in [5, 5.41) is 0. The average Bonchev–Trinajstić information content (AvgIpc) is 2.54. The molecule has 1 unspecified atom stereocenters. The molecule has 0 bridgehead atoms. The molecule has 0 aliphatic carbocycles. The third kappa shape index (κ3) is 5.29. The van der Waals surface area contributed by atoms with Gasteiger partial charge in [0, 0.05) is 0 Å². The van der Waals surface area contributed by atoms with E-state index in [1.54, 1.807) is 7.11 Å². The topological polar surface area (TPSA) is 44.5 Å². The van der Waals surface area contributed by atoms with E-state index in [-0.39, 0.29) is 0 Å². The summed E-state index contributed by atoms with van der Waals surface area (Å²) in [6.45, 7) is 5.55. The zero-order chi connectivity index (χ0) is 16.7. The average molecular weight is 313 g/mol. The van der Waals surface area contributed by atoms with Gasteiger partial charge in [0.25, 0.3) is 0 Å². The van der Waals surface area contributed by atoms with Gasteiger partial charge in [0.15, 0.2) is 0 Å². The molecular formula is C20H27NO2. The Hall–Kier alpha value is -2.00. The first-order valence-electron chi connectivity index (χ1n) is 8.17. The van der Waals surface area contributed by atoms with Crippen LogP contribution in [0.2, 0.25) is 0 Å². The van der Waals surface area contributed by atoms with Crippen LogP contribution in [0.4, 0.5) is 0 Å². The number of aryl methyl sites for hydroxylation is 2. The molecule has 1 atom stereocenters. The standard InChI is InChI=1S/C20H27NO2/c1-15-11-16(2)13-20(12-15)23-10-4-5-18(14-21)17-6-8-19(22-3)9-7-17/h6-9,11-13,18H,4-5,10,14,21H2,1-3H3. The molecule has 0 spiro atoms. The van der Waals surface area contributed by atoms with Crippen molar-refractivity contribution in [1.82, 2.24) is 0 Å².